The maximum Gasteiger partial charge on any atom is 0.192 e. The molecule has 1 fully saturated rings. The van der Waals surface area contributed by atoms with Gasteiger partial charge in [-0.05, 0) is 78.7 Å². The molecule has 1 aromatic carbocycles. The number of hydrogen-bond acceptors (Lipinski definition) is 3. The number of pyridine rings is 1. The Labute approximate surface area is 192 Å². The third-order valence-corrected chi connectivity index (χ3v) is 12.1. The van der Waals surface area contributed by atoms with E-state index in [-0.39, 0.29) is 10.4 Å². The van der Waals surface area contributed by atoms with Crippen LogP contribution in [-0.4, -0.2) is 22.9 Å². The van der Waals surface area contributed by atoms with Gasteiger partial charge in [0, 0.05) is 12.1 Å². The predicted octanol–water partition coefficient (Wildman–Crippen LogP) is 7.07. The summed E-state index contributed by atoms with van der Waals surface area (Å²) in [5, 5.41) is 8.86. The summed E-state index contributed by atoms with van der Waals surface area (Å²) in [6.07, 6.45) is 4.50. The average molecular weight is 456 g/mol. The molecule has 0 radical (unpaired) electrons. The van der Waals surface area contributed by atoms with E-state index >= 15 is 0 Å². The van der Waals surface area contributed by atoms with Crippen molar-refractivity contribution >= 4 is 25.6 Å². The molecular weight excluding hydrogens is 422 g/mol. The molecule has 1 saturated carbocycles. The van der Waals surface area contributed by atoms with Gasteiger partial charge in [0.05, 0.1) is 12.0 Å². The number of fused-ring (bicyclic) bond motifs is 1. The summed E-state index contributed by atoms with van der Waals surface area (Å²) < 4.78 is 8.62. The van der Waals surface area contributed by atoms with Gasteiger partial charge in [0.25, 0.3) is 0 Å². The molecule has 0 aliphatic heterocycles. The van der Waals surface area contributed by atoms with E-state index in [0.717, 1.165) is 28.2 Å². The van der Waals surface area contributed by atoms with Crippen LogP contribution in [-0.2, 0) is 11.0 Å². The van der Waals surface area contributed by atoms with Crippen molar-refractivity contribution in [2.75, 3.05) is 0 Å². The molecule has 1 atom stereocenters. The van der Waals surface area contributed by atoms with Crippen molar-refractivity contribution in [3.05, 3.63) is 64.1 Å². The zero-order valence-electron chi connectivity index (χ0n) is 19.8. The molecule has 31 heavy (non-hydrogen) atoms. The van der Waals surface area contributed by atoms with E-state index in [1.165, 1.54) is 24.0 Å². The highest BCUT2D eigenvalue weighted by Crippen LogP contribution is 2.40. The number of halogens is 1. The SMILES string of the molecule is Cc1ccc(C(Cl)c2ccn3c(C4CC4)nnc3c2C)cc1CO[Si](C)(C)C(C)(C)C. The molecule has 166 valence electrons. The molecule has 4 rings (SSSR count). The Morgan fingerprint density at radius 1 is 1.16 bits per heavy atom. The summed E-state index contributed by atoms with van der Waals surface area (Å²) in [5.41, 5.74) is 6.65. The van der Waals surface area contributed by atoms with E-state index in [4.69, 9.17) is 16.0 Å². The van der Waals surface area contributed by atoms with Crippen LogP contribution in [0.5, 0.6) is 0 Å². The van der Waals surface area contributed by atoms with Crippen molar-refractivity contribution in [3.63, 3.8) is 0 Å². The summed E-state index contributed by atoms with van der Waals surface area (Å²) in [4.78, 5) is 0. The summed E-state index contributed by atoms with van der Waals surface area (Å²) >= 11 is 7.02. The van der Waals surface area contributed by atoms with Gasteiger partial charge in [-0.25, -0.2) is 0 Å². The zero-order chi connectivity index (χ0) is 22.6. The van der Waals surface area contributed by atoms with E-state index in [1.807, 2.05) is 0 Å². The number of aryl methyl sites for hydroxylation is 2. The molecule has 4 nitrogen and oxygen atoms in total. The van der Waals surface area contributed by atoms with Crippen molar-refractivity contribution < 1.29 is 4.43 Å². The molecule has 0 bridgehead atoms. The fourth-order valence-electron chi connectivity index (χ4n) is 3.67. The number of rotatable bonds is 6. The van der Waals surface area contributed by atoms with Crippen molar-refractivity contribution in [1.82, 2.24) is 14.6 Å². The zero-order valence-corrected chi connectivity index (χ0v) is 21.5. The minimum atomic E-state index is -1.81. The van der Waals surface area contributed by atoms with Gasteiger partial charge in [-0.15, -0.1) is 21.8 Å². The van der Waals surface area contributed by atoms with Crippen LogP contribution in [0.2, 0.25) is 18.1 Å². The maximum absolute atomic E-state index is 7.02. The van der Waals surface area contributed by atoms with Gasteiger partial charge in [0.2, 0.25) is 0 Å². The monoisotopic (exact) mass is 455 g/mol. The van der Waals surface area contributed by atoms with Gasteiger partial charge >= 0.3 is 0 Å². The van der Waals surface area contributed by atoms with E-state index in [1.54, 1.807) is 0 Å². The first-order valence-corrected chi connectivity index (χ1v) is 14.6. The van der Waals surface area contributed by atoms with Crippen LogP contribution < -0.4 is 0 Å². The first kappa shape index (κ1) is 22.5. The second kappa shape index (κ2) is 8.02. The third kappa shape index (κ3) is 4.32. The van der Waals surface area contributed by atoms with Crippen LogP contribution in [0.25, 0.3) is 5.65 Å². The molecule has 0 N–H and O–H groups in total. The van der Waals surface area contributed by atoms with Gasteiger partial charge in [-0.3, -0.25) is 4.40 Å². The average Bonchev–Trinajstić information content (AvgIpc) is 3.45. The highest BCUT2D eigenvalue weighted by molar-refractivity contribution is 6.74. The quantitative estimate of drug-likeness (QED) is 0.294. The van der Waals surface area contributed by atoms with Gasteiger partial charge in [0.1, 0.15) is 5.82 Å². The topological polar surface area (TPSA) is 39.4 Å². The number of hydrogen-bond donors (Lipinski definition) is 0. The van der Waals surface area contributed by atoms with Gasteiger partial charge < -0.3 is 4.43 Å². The van der Waals surface area contributed by atoms with E-state index in [0.29, 0.717) is 12.5 Å². The van der Waals surface area contributed by atoms with Crippen molar-refractivity contribution in [2.24, 2.45) is 0 Å². The second-order valence-electron chi connectivity index (χ2n) is 10.5. The van der Waals surface area contributed by atoms with Crippen molar-refractivity contribution in [2.45, 2.75) is 83.5 Å². The van der Waals surface area contributed by atoms with Crippen LogP contribution >= 0.6 is 11.6 Å². The van der Waals surface area contributed by atoms with Crippen LogP contribution in [0, 0.1) is 13.8 Å². The minimum Gasteiger partial charge on any atom is -0.413 e. The lowest BCUT2D eigenvalue weighted by atomic mass is 9.98. The van der Waals surface area contributed by atoms with Gasteiger partial charge in [0.15, 0.2) is 14.0 Å². The molecule has 0 amide bonds. The summed E-state index contributed by atoms with van der Waals surface area (Å²) in [6.45, 7) is 16.3. The molecule has 3 aromatic rings. The number of aromatic nitrogens is 3. The van der Waals surface area contributed by atoms with E-state index in [2.05, 4.69) is 92.8 Å². The number of nitrogens with zero attached hydrogens (tertiary/aromatic N) is 3. The standard InChI is InChI=1S/C25H34ClN3OSi/c1-16-8-9-19(14-20(16)15-30-31(6,7)25(3,4)5)22(26)21-12-13-29-23(17(21)2)27-28-24(29)18-10-11-18/h8-9,12-14,18,22H,10-11,15H2,1-7H3. The Bertz CT molecular complexity index is 1110. The van der Waals surface area contributed by atoms with Crippen LogP contribution in [0.4, 0.5) is 0 Å². The fourth-order valence-corrected chi connectivity index (χ4v) is 4.99. The predicted molar refractivity (Wildman–Crippen MR) is 131 cm³/mol. The molecular formula is C25H34ClN3OSi. The summed E-state index contributed by atoms with van der Waals surface area (Å²) in [7, 11) is -1.81. The Morgan fingerprint density at radius 3 is 2.52 bits per heavy atom. The molecule has 0 saturated heterocycles. The highest BCUT2D eigenvalue weighted by atomic mass is 35.5. The Kier molecular flexibility index (Phi) is 5.82. The lowest BCUT2D eigenvalue weighted by molar-refractivity contribution is 0.275. The van der Waals surface area contributed by atoms with Crippen molar-refractivity contribution in [1.29, 1.82) is 0 Å². The molecule has 2 heterocycles. The maximum atomic E-state index is 7.02. The molecule has 2 aromatic heterocycles. The molecule has 6 heteroatoms. The van der Waals surface area contributed by atoms with Crippen LogP contribution in [0.1, 0.15) is 78.5 Å². The van der Waals surface area contributed by atoms with Gasteiger partial charge in [-0.1, -0.05) is 39.0 Å². The first-order chi connectivity index (χ1) is 14.5. The van der Waals surface area contributed by atoms with Crippen LogP contribution in [0.3, 0.4) is 0 Å². The molecule has 1 unspecified atom stereocenters. The second-order valence-corrected chi connectivity index (χ2v) is 15.8. The summed E-state index contributed by atoms with van der Waals surface area (Å²) in [6, 6.07) is 8.63. The first-order valence-electron chi connectivity index (χ1n) is 11.2. The Balaban J connectivity index is 1.61. The largest absolute Gasteiger partial charge is 0.413 e. The molecule has 1 aliphatic carbocycles. The van der Waals surface area contributed by atoms with Crippen LogP contribution in [0.15, 0.2) is 30.5 Å². The fraction of sp³-hybridized carbons (Fsp3) is 0.520. The number of alkyl halides is 1. The normalized spacial score (nSPS) is 16.1. The smallest absolute Gasteiger partial charge is 0.192 e. The third-order valence-electron chi connectivity index (χ3n) is 7.17. The minimum absolute atomic E-state index is 0.192. The lowest BCUT2D eigenvalue weighted by Crippen LogP contribution is -2.40. The van der Waals surface area contributed by atoms with E-state index in [9.17, 15) is 0 Å². The molecule has 1 aliphatic rings. The van der Waals surface area contributed by atoms with E-state index < -0.39 is 8.32 Å². The molecule has 0 spiro atoms. The number of benzene rings is 1. The summed E-state index contributed by atoms with van der Waals surface area (Å²) in [5.74, 6) is 1.64. The van der Waals surface area contributed by atoms with Crippen molar-refractivity contribution in [3.8, 4) is 0 Å². The highest BCUT2D eigenvalue weighted by Gasteiger charge is 2.37. The lowest BCUT2D eigenvalue weighted by Gasteiger charge is -2.36. The Hall–Kier alpha value is -1.69. The van der Waals surface area contributed by atoms with Gasteiger partial charge in [-0.2, -0.15) is 0 Å². The Morgan fingerprint density at radius 2 is 1.87 bits per heavy atom.